The predicted molar refractivity (Wildman–Crippen MR) is 51.8 cm³/mol. The van der Waals surface area contributed by atoms with Gasteiger partial charge in [0.25, 0.3) is 0 Å². The third-order valence-electron chi connectivity index (χ3n) is 1.89. The number of aromatic nitrogens is 2. The van der Waals surface area contributed by atoms with E-state index in [0.29, 0.717) is 0 Å². The minimum Gasteiger partial charge on any atom is -0.495 e. The second-order valence-corrected chi connectivity index (χ2v) is 2.70. The van der Waals surface area contributed by atoms with Gasteiger partial charge >= 0.3 is 0 Å². The number of hydrogen-bond acceptors (Lipinski definition) is 2. The predicted octanol–water partition coefficient (Wildman–Crippen LogP) is 1.99. The maximum absolute atomic E-state index is 5.09. The smallest absolute Gasteiger partial charge is 0.137 e. The number of pyridine rings is 1. The molecular formula is C10H10N2O. The summed E-state index contributed by atoms with van der Waals surface area (Å²) in [5.74, 6) is 0.820. The lowest BCUT2D eigenvalue weighted by Gasteiger charge is -1.98. The summed E-state index contributed by atoms with van der Waals surface area (Å²) >= 11 is 0. The third kappa shape index (κ3) is 1.28. The Labute approximate surface area is 76.3 Å². The first kappa shape index (κ1) is 7.86. The fourth-order valence-electron chi connectivity index (χ4n) is 1.21. The topological polar surface area (TPSA) is 26.5 Å². The highest BCUT2D eigenvalue weighted by atomic mass is 16.5. The molecule has 0 atom stereocenters. The SMILES string of the molecule is C=Cc1cn2cc(OC)ccc2n1. The van der Waals surface area contributed by atoms with Crippen molar-refractivity contribution in [2.75, 3.05) is 7.11 Å². The quantitative estimate of drug-likeness (QED) is 0.696. The Hall–Kier alpha value is -1.77. The van der Waals surface area contributed by atoms with Crippen LogP contribution in [-0.2, 0) is 0 Å². The summed E-state index contributed by atoms with van der Waals surface area (Å²) in [6, 6.07) is 3.79. The van der Waals surface area contributed by atoms with Crippen molar-refractivity contribution in [3.05, 3.63) is 36.8 Å². The highest BCUT2D eigenvalue weighted by molar-refractivity contribution is 5.50. The van der Waals surface area contributed by atoms with Gasteiger partial charge in [0.2, 0.25) is 0 Å². The highest BCUT2D eigenvalue weighted by Gasteiger charge is 1.98. The number of methoxy groups -OCH3 is 1. The summed E-state index contributed by atoms with van der Waals surface area (Å²) in [6.45, 7) is 3.66. The zero-order chi connectivity index (χ0) is 9.26. The molecule has 66 valence electrons. The van der Waals surface area contributed by atoms with E-state index < -0.39 is 0 Å². The molecule has 0 aliphatic rings. The maximum atomic E-state index is 5.09. The molecule has 3 heteroatoms. The van der Waals surface area contributed by atoms with E-state index in [4.69, 9.17) is 4.74 Å². The van der Waals surface area contributed by atoms with Crippen LogP contribution in [0.3, 0.4) is 0 Å². The first-order chi connectivity index (χ1) is 6.33. The molecule has 2 aromatic heterocycles. The molecule has 13 heavy (non-hydrogen) atoms. The number of nitrogens with zero attached hydrogens (tertiary/aromatic N) is 2. The number of hydrogen-bond donors (Lipinski definition) is 0. The van der Waals surface area contributed by atoms with Crippen LogP contribution in [0.25, 0.3) is 11.7 Å². The molecule has 3 nitrogen and oxygen atoms in total. The molecule has 0 fully saturated rings. The summed E-state index contributed by atoms with van der Waals surface area (Å²) < 4.78 is 7.00. The molecule has 0 aliphatic carbocycles. The highest BCUT2D eigenvalue weighted by Crippen LogP contribution is 2.13. The second-order valence-electron chi connectivity index (χ2n) is 2.70. The van der Waals surface area contributed by atoms with Gasteiger partial charge in [0.05, 0.1) is 19.0 Å². The van der Waals surface area contributed by atoms with E-state index in [9.17, 15) is 0 Å². The molecule has 0 aliphatic heterocycles. The average Bonchev–Trinajstić information content (AvgIpc) is 2.58. The fraction of sp³-hybridized carbons (Fsp3) is 0.100. The van der Waals surface area contributed by atoms with Gasteiger partial charge in [0.15, 0.2) is 0 Å². The van der Waals surface area contributed by atoms with Crippen LogP contribution in [0.4, 0.5) is 0 Å². The zero-order valence-corrected chi connectivity index (χ0v) is 7.40. The van der Waals surface area contributed by atoms with E-state index in [-0.39, 0.29) is 0 Å². The van der Waals surface area contributed by atoms with E-state index in [1.54, 1.807) is 13.2 Å². The van der Waals surface area contributed by atoms with Crippen molar-refractivity contribution in [2.24, 2.45) is 0 Å². The van der Waals surface area contributed by atoms with Crippen molar-refractivity contribution in [3.63, 3.8) is 0 Å². The lowest BCUT2D eigenvalue weighted by Crippen LogP contribution is -1.86. The molecule has 0 saturated heterocycles. The average molecular weight is 174 g/mol. The molecule has 0 radical (unpaired) electrons. The van der Waals surface area contributed by atoms with E-state index in [2.05, 4.69) is 11.6 Å². The van der Waals surface area contributed by atoms with Crippen LogP contribution in [0.2, 0.25) is 0 Å². The van der Waals surface area contributed by atoms with Crippen LogP contribution in [0.1, 0.15) is 5.69 Å². The van der Waals surface area contributed by atoms with Gasteiger partial charge in [-0.3, -0.25) is 0 Å². The minimum absolute atomic E-state index is 0.820. The summed E-state index contributed by atoms with van der Waals surface area (Å²) in [5.41, 5.74) is 1.77. The van der Waals surface area contributed by atoms with Gasteiger partial charge in [-0.1, -0.05) is 6.58 Å². The molecule has 2 rings (SSSR count). The first-order valence-electron chi connectivity index (χ1n) is 3.98. The Morgan fingerprint density at radius 1 is 1.46 bits per heavy atom. The molecule has 0 N–H and O–H groups in total. The summed E-state index contributed by atoms with van der Waals surface area (Å²) in [5, 5.41) is 0. The van der Waals surface area contributed by atoms with Gasteiger partial charge < -0.3 is 9.14 Å². The Balaban J connectivity index is 2.63. The van der Waals surface area contributed by atoms with Crippen LogP contribution in [0.15, 0.2) is 31.1 Å². The van der Waals surface area contributed by atoms with Gasteiger partial charge in [-0.15, -0.1) is 0 Å². The molecule has 0 bridgehead atoms. The molecule has 0 unspecified atom stereocenters. The molecule has 0 spiro atoms. The van der Waals surface area contributed by atoms with E-state index in [0.717, 1.165) is 17.1 Å². The molecule has 0 amide bonds. The van der Waals surface area contributed by atoms with E-state index in [1.807, 2.05) is 28.9 Å². The lowest BCUT2D eigenvalue weighted by atomic mass is 10.4. The van der Waals surface area contributed by atoms with Gasteiger partial charge in [0, 0.05) is 6.20 Å². The third-order valence-corrected chi connectivity index (χ3v) is 1.89. The Bertz CT molecular complexity index is 445. The summed E-state index contributed by atoms with van der Waals surface area (Å²) in [4.78, 5) is 4.30. The van der Waals surface area contributed by atoms with Crippen molar-refractivity contribution in [2.45, 2.75) is 0 Å². The minimum atomic E-state index is 0.820. The van der Waals surface area contributed by atoms with E-state index >= 15 is 0 Å². The number of ether oxygens (including phenoxy) is 1. The van der Waals surface area contributed by atoms with Crippen molar-refractivity contribution in [3.8, 4) is 5.75 Å². The standard InChI is InChI=1S/C10H10N2O/c1-3-8-6-12-7-9(13-2)4-5-10(12)11-8/h3-7H,1H2,2H3. The van der Waals surface area contributed by atoms with Crippen molar-refractivity contribution in [1.82, 2.24) is 9.38 Å². The Morgan fingerprint density at radius 2 is 2.31 bits per heavy atom. The molecular weight excluding hydrogens is 164 g/mol. The first-order valence-corrected chi connectivity index (χ1v) is 3.98. The van der Waals surface area contributed by atoms with Gasteiger partial charge in [0.1, 0.15) is 11.4 Å². The monoisotopic (exact) mass is 174 g/mol. The van der Waals surface area contributed by atoms with Gasteiger partial charge in [-0.2, -0.15) is 0 Å². The van der Waals surface area contributed by atoms with Crippen molar-refractivity contribution < 1.29 is 4.74 Å². The van der Waals surface area contributed by atoms with Crippen molar-refractivity contribution in [1.29, 1.82) is 0 Å². The van der Waals surface area contributed by atoms with E-state index in [1.165, 1.54) is 0 Å². The van der Waals surface area contributed by atoms with Crippen LogP contribution in [0, 0.1) is 0 Å². The van der Waals surface area contributed by atoms with Crippen LogP contribution < -0.4 is 4.74 Å². The number of fused-ring (bicyclic) bond motifs is 1. The van der Waals surface area contributed by atoms with Crippen LogP contribution in [-0.4, -0.2) is 16.5 Å². The molecule has 0 aromatic carbocycles. The molecule has 2 aromatic rings. The van der Waals surface area contributed by atoms with Crippen LogP contribution in [0.5, 0.6) is 5.75 Å². The zero-order valence-electron chi connectivity index (χ0n) is 7.40. The van der Waals surface area contributed by atoms with Crippen molar-refractivity contribution >= 4 is 11.7 Å². The lowest BCUT2D eigenvalue weighted by molar-refractivity contribution is 0.412. The fourth-order valence-corrected chi connectivity index (χ4v) is 1.21. The second kappa shape index (κ2) is 2.94. The Morgan fingerprint density at radius 3 is 3.00 bits per heavy atom. The number of rotatable bonds is 2. The van der Waals surface area contributed by atoms with Gasteiger partial charge in [-0.05, 0) is 18.2 Å². The Kier molecular flexibility index (Phi) is 1.77. The molecule has 0 saturated carbocycles. The normalized spacial score (nSPS) is 10.2. The van der Waals surface area contributed by atoms with Gasteiger partial charge in [-0.25, -0.2) is 4.98 Å². The molecule has 2 heterocycles. The summed E-state index contributed by atoms with van der Waals surface area (Å²) in [7, 11) is 1.65. The van der Waals surface area contributed by atoms with Crippen LogP contribution >= 0.6 is 0 Å². The maximum Gasteiger partial charge on any atom is 0.137 e. The number of imidazole rings is 1. The summed E-state index contributed by atoms with van der Waals surface area (Å²) in [6.07, 6.45) is 5.51. The largest absolute Gasteiger partial charge is 0.495 e.